The predicted molar refractivity (Wildman–Crippen MR) is 65.9 cm³/mol. The van der Waals surface area contributed by atoms with Crippen molar-refractivity contribution in [2.75, 3.05) is 0 Å². The Hall–Kier alpha value is -1.38. The number of hydrogen-bond acceptors (Lipinski definition) is 2. The molecular formula is C14H19NO2. The number of carboxylic acid groups (broad SMARTS) is 1. The van der Waals surface area contributed by atoms with Crippen LogP contribution in [0.25, 0.3) is 0 Å². The van der Waals surface area contributed by atoms with Gasteiger partial charge in [-0.25, -0.2) is 0 Å². The number of aromatic nitrogens is 1. The van der Waals surface area contributed by atoms with Gasteiger partial charge in [-0.2, -0.15) is 0 Å². The van der Waals surface area contributed by atoms with Crippen molar-refractivity contribution in [3.8, 4) is 0 Å². The lowest BCUT2D eigenvalue weighted by atomic mass is 9.81. The van der Waals surface area contributed by atoms with Gasteiger partial charge in [0, 0.05) is 12.4 Å². The third kappa shape index (κ3) is 2.65. The lowest BCUT2D eigenvalue weighted by Gasteiger charge is -2.23. The van der Waals surface area contributed by atoms with Crippen LogP contribution in [0.5, 0.6) is 0 Å². The Bertz CT molecular complexity index is 403. The normalized spacial score (nSPS) is 25.2. The van der Waals surface area contributed by atoms with Crippen LogP contribution in [0.1, 0.15) is 49.1 Å². The molecule has 3 nitrogen and oxygen atoms in total. The fraction of sp³-hybridized carbons (Fsp3) is 0.571. The highest BCUT2D eigenvalue weighted by Crippen LogP contribution is 2.37. The van der Waals surface area contributed by atoms with Gasteiger partial charge in [0.15, 0.2) is 0 Å². The Balaban J connectivity index is 2.32. The summed E-state index contributed by atoms with van der Waals surface area (Å²) in [4.78, 5) is 15.5. The van der Waals surface area contributed by atoms with Crippen molar-refractivity contribution in [1.29, 1.82) is 0 Å². The van der Waals surface area contributed by atoms with Crippen molar-refractivity contribution >= 4 is 5.97 Å². The second-order valence-corrected chi connectivity index (χ2v) is 4.92. The van der Waals surface area contributed by atoms with E-state index in [0.29, 0.717) is 0 Å². The second-order valence-electron chi connectivity index (χ2n) is 4.92. The van der Waals surface area contributed by atoms with Gasteiger partial charge in [-0.1, -0.05) is 19.3 Å². The topological polar surface area (TPSA) is 50.2 Å². The number of rotatable bonds is 2. The number of aryl methyl sites for hydroxylation is 1. The molecule has 1 heterocycles. The molecule has 17 heavy (non-hydrogen) atoms. The first-order chi connectivity index (χ1) is 8.20. The molecule has 1 N–H and O–H groups in total. The summed E-state index contributed by atoms with van der Waals surface area (Å²) in [6.07, 6.45) is 8.71. The SMILES string of the molecule is Cc1ccncc1C1CCCCCC1C(=O)O. The minimum absolute atomic E-state index is 0.142. The molecule has 2 atom stereocenters. The molecule has 1 aromatic rings. The maximum absolute atomic E-state index is 11.4. The van der Waals surface area contributed by atoms with Gasteiger partial charge in [-0.3, -0.25) is 9.78 Å². The highest BCUT2D eigenvalue weighted by atomic mass is 16.4. The molecule has 1 aliphatic carbocycles. The maximum atomic E-state index is 11.4. The summed E-state index contributed by atoms with van der Waals surface area (Å²) in [6, 6.07) is 1.97. The summed E-state index contributed by atoms with van der Waals surface area (Å²) in [7, 11) is 0. The second kappa shape index (κ2) is 5.30. The lowest BCUT2D eigenvalue weighted by Crippen LogP contribution is -2.21. The Morgan fingerprint density at radius 3 is 2.82 bits per heavy atom. The van der Waals surface area contributed by atoms with E-state index in [2.05, 4.69) is 4.98 Å². The van der Waals surface area contributed by atoms with Crippen LogP contribution in [0.2, 0.25) is 0 Å². The van der Waals surface area contributed by atoms with E-state index in [1.54, 1.807) is 6.20 Å². The summed E-state index contributed by atoms with van der Waals surface area (Å²) in [5, 5.41) is 9.37. The van der Waals surface area contributed by atoms with Gasteiger partial charge in [0.05, 0.1) is 5.92 Å². The molecule has 0 aromatic carbocycles. The van der Waals surface area contributed by atoms with Crippen LogP contribution in [0.4, 0.5) is 0 Å². The van der Waals surface area contributed by atoms with Crippen molar-refractivity contribution in [1.82, 2.24) is 4.98 Å². The number of pyridine rings is 1. The average Bonchev–Trinajstić information content (AvgIpc) is 2.55. The molecule has 3 heteroatoms. The molecule has 2 rings (SSSR count). The Kier molecular flexibility index (Phi) is 3.77. The molecule has 1 fully saturated rings. The average molecular weight is 233 g/mol. The van der Waals surface area contributed by atoms with Crippen LogP contribution in [0, 0.1) is 12.8 Å². The first kappa shape index (κ1) is 12.1. The van der Waals surface area contributed by atoms with Crippen molar-refractivity contribution < 1.29 is 9.90 Å². The first-order valence-electron chi connectivity index (χ1n) is 6.33. The monoisotopic (exact) mass is 233 g/mol. The smallest absolute Gasteiger partial charge is 0.307 e. The number of carboxylic acids is 1. The van der Waals surface area contributed by atoms with Crippen molar-refractivity contribution in [3.05, 3.63) is 29.6 Å². The molecule has 0 bridgehead atoms. The van der Waals surface area contributed by atoms with E-state index in [9.17, 15) is 9.90 Å². The van der Waals surface area contributed by atoms with Crippen LogP contribution < -0.4 is 0 Å². The van der Waals surface area contributed by atoms with E-state index in [-0.39, 0.29) is 11.8 Å². The number of nitrogens with zero attached hydrogens (tertiary/aromatic N) is 1. The van der Waals surface area contributed by atoms with E-state index in [1.807, 2.05) is 19.2 Å². The highest BCUT2D eigenvalue weighted by Gasteiger charge is 2.31. The third-order valence-corrected chi connectivity index (χ3v) is 3.81. The molecule has 0 amide bonds. The fourth-order valence-corrected chi connectivity index (χ4v) is 2.84. The molecule has 1 aliphatic rings. The van der Waals surface area contributed by atoms with Crippen LogP contribution in [-0.2, 0) is 4.79 Å². The van der Waals surface area contributed by atoms with Crippen LogP contribution in [0.15, 0.2) is 18.5 Å². The molecule has 1 aromatic heterocycles. The van der Waals surface area contributed by atoms with Gasteiger partial charge < -0.3 is 5.11 Å². The summed E-state index contributed by atoms with van der Waals surface area (Å²) < 4.78 is 0. The molecule has 0 radical (unpaired) electrons. The molecule has 92 valence electrons. The van der Waals surface area contributed by atoms with E-state index < -0.39 is 5.97 Å². The van der Waals surface area contributed by atoms with E-state index in [1.165, 1.54) is 0 Å². The van der Waals surface area contributed by atoms with Crippen molar-refractivity contribution in [2.45, 2.75) is 44.9 Å². The number of carbonyl (C=O) groups is 1. The first-order valence-corrected chi connectivity index (χ1v) is 6.33. The van der Waals surface area contributed by atoms with Crippen LogP contribution >= 0.6 is 0 Å². The zero-order valence-corrected chi connectivity index (χ0v) is 10.2. The zero-order valence-electron chi connectivity index (χ0n) is 10.2. The number of aliphatic carboxylic acids is 1. The Morgan fingerprint density at radius 2 is 2.12 bits per heavy atom. The molecule has 0 aliphatic heterocycles. The largest absolute Gasteiger partial charge is 0.481 e. The van der Waals surface area contributed by atoms with Gasteiger partial charge in [-0.05, 0) is 42.9 Å². The maximum Gasteiger partial charge on any atom is 0.307 e. The minimum atomic E-state index is -0.653. The van der Waals surface area contributed by atoms with Crippen LogP contribution in [-0.4, -0.2) is 16.1 Å². The Labute approximate surface area is 102 Å². The van der Waals surface area contributed by atoms with Gasteiger partial charge in [0.1, 0.15) is 0 Å². The van der Waals surface area contributed by atoms with Gasteiger partial charge in [0.25, 0.3) is 0 Å². The lowest BCUT2D eigenvalue weighted by molar-refractivity contribution is -0.142. The summed E-state index contributed by atoms with van der Waals surface area (Å²) in [5.74, 6) is -0.746. The number of hydrogen-bond donors (Lipinski definition) is 1. The summed E-state index contributed by atoms with van der Waals surface area (Å²) in [5.41, 5.74) is 2.29. The molecule has 0 spiro atoms. The third-order valence-electron chi connectivity index (χ3n) is 3.81. The van der Waals surface area contributed by atoms with Crippen molar-refractivity contribution in [3.63, 3.8) is 0 Å². The molecule has 0 saturated heterocycles. The van der Waals surface area contributed by atoms with Crippen LogP contribution in [0.3, 0.4) is 0 Å². The minimum Gasteiger partial charge on any atom is -0.481 e. The quantitative estimate of drug-likeness (QED) is 0.798. The van der Waals surface area contributed by atoms with Gasteiger partial charge in [-0.15, -0.1) is 0 Å². The van der Waals surface area contributed by atoms with E-state index in [0.717, 1.165) is 43.2 Å². The van der Waals surface area contributed by atoms with Gasteiger partial charge >= 0.3 is 5.97 Å². The summed E-state index contributed by atoms with van der Waals surface area (Å²) >= 11 is 0. The standard InChI is InChI=1S/C14H19NO2/c1-10-7-8-15-9-13(10)11-5-3-2-4-6-12(11)14(16)17/h7-9,11-12H,2-6H2,1H3,(H,16,17). The summed E-state index contributed by atoms with van der Waals surface area (Å²) in [6.45, 7) is 2.04. The van der Waals surface area contributed by atoms with E-state index in [4.69, 9.17) is 0 Å². The van der Waals surface area contributed by atoms with E-state index >= 15 is 0 Å². The predicted octanol–water partition coefficient (Wildman–Crippen LogP) is 3.14. The fourth-order valence-electron chi connectivity index (χ4n) is 2.84. The Morgan fingerprint density at radius 1 is 1.35 bits per heavy atom. The van der Waals surface area contributed by atoms with Gasteiger partial charge in [0.2, 0.25) is 0 Å². The van der Waals surface area contributed by atoms with Crippen molar-refractivity contribution in [2.24, 2.45) is 5.92 Å². The molecule has 1 saturated carbocycles. The highest BCUT2D eigenvalue weighted by molar-refractivity contribution is 5.71. The molecular weight excluding hydrogens is 214 g/mol. The zero-order chi connectivity index (χ0) is 12.3. The molecule has 2 unspecified atom stereocenters.